The molecule has 0 atom stereocenters. The number of carboxylic acids is 1. The summed E-state index contributed by atoms with van der Waals surface area (Å²) in [5.74, 6) is -1.55. The Morgan fingerprint density at radius 2 is 2.29 bits per heavy atom. The molecule has 0 aliphatic carbocycles. The number of carboxylic acid groups (broad SMARTS) is 1. The molecule has 0 unspecified atom stereocenters. The summed E-state index contributed by atoms with van der Waals surface area (Å²) in [6, 6.07) is 2.82. The third-order valence-corrected chi connectivity index (χ3v) is 3.11. The maximum absolute atomic E-state index is 13.4. The first-order valence-electron chi connectivity index (χ1n) is 4.01. The molecule has 1 N–H and O–H groups in total. The van der Waals surface area contributed by atoms with Crippen LogP contribution >= 0.6 is 11.3 Å². The van der Waals surface area contributed by atoms with Gasteiger partial charge < -0.3 is 5.11 Å². The van der Waals surface area contributed by atoms with Gasteiger partial charge in [0.1, 0.15) is 5.82 Å². The number of aromatic carboxylic acids is 1. The second-order valence-electron chi connectivity index (χ2n) is 3.00. The molecule has 0 spiro atoms. The van der Waals surface area contributed by atoms with Gasteiger partial charge in [-0.05, 0) is 35.4 Å². The summed E-state index contributed by atoms with van der Waals surface area (Å²) in [4.78, 5) is 10.8. The number of thiophene rings is 1. The number of carbonyl (C=O) groups is 1. The second kappa shape index (κ2) is 3.06. The summed E-state index contributed by atoms with van der Waals surface area (Å²) >= 11 is 1.28. The van der Waals surface area contributed by atoms with Gasteiger partial charge in [-0.1, -0.05) is 0 Å². The van der Waals surface area contributed by atoms with Gasteiger partial charge in [-0.2, -0.15) is 0 Å². The number of aryl methyl sites for hydroxylation is 1. The van der Waals surface area contributed by atoms with Crippen molar-refractivity contribution in [1.82, 2.24) is 0 Å². The molecule has 1 aromatic heterocycles. The average molecular weight is 210 g/mol. The van der Waals surface area contributed by atoms with Crippen LogP contribution in [0, 0.1) is 12.7 Å². The Hall–Kier alpha value is -1.42. The maximum atomic E-state index is 13.4. The van der Waals surface area contributed by atoms with Crippen LogP contribution in [0.3, 0.4) is 0 Å². The molecule has 0 bridgehead atoms. The molecule has 4 heteroatoms. The number of halogens is 1. The molecule has 0 fully saturated rings. The van der Waals surface area contributed by atoms with Crippen molar-refractivity contribution in [1.29, 1.82) is 0 Å². The van der Waals surface area contributed by atoms with Crippen LogP contribution in [0.15, 0.2) is 17.5 Å². The van der Waals surface area contributed by atoms with Crippen LogP contribution in [0.1, 0.15) is 15.9 Å². The second-order valence-corrected chi connectivity index (χ2v) is 3.92. The van der Waals surface area contributed by atoms with Crippen LogP contribution in [0.5, 0.6) is 0 Å². The molecule has 2 rings (SSSR count). The van der Waals surface area contributed by atoms with Gasteiger partial charge in [-0.3, -0.25) is 0 Å². The lowest BCUT2D eigenvalue weighted by molar-refractivity contribution is 0.0696. The van der Waals surface area contributed by atoms with Crippen LogP contribution in [-0.4, -0.2) is 11.1 Å². The number of hydrogen-bond acceptors (Lipinski definition) is 2. The highest BCUT2D eigenvalue weighted by Gasteiger charge is 2.14. The van der Waals surface area contributed by atoms with Gasteiger partial charge >= 0.3 is 5.97 Å². The zero-order chi connectivity index (χ0) is 10.3. The molecular weight excluding hydrogens is 203 g/mol. The third kappa shape index (κ3) is 1.19. The first-order valence-corrected chi connectivity index (χ1v) is 4.89. The lowest BCUT2D eigenvalue weighted by Crippen LogP contribution is -2.00. The largest absolute Gasteiger partial charge is 0.478 e. The summed E-state index contributed by atoms with van der Waals surface area (Å²) in [6.07, 6.45) is 0. The average Bonchev–Trinajstić information content (AvgIpc) is 2.59. The Bertz CT molecular complexity index is 516. The normalized spacial score (nSPS) is 10.7. The molecule has 0 saturated heterocycles. The van der Waals surface area contributed by atoms with Gasteiger partial charge in [0.25, 0.3) is 0 Å². The van der Waals surface area contributed by atoms with E-state index >= 15 is 0 Å². The van der Waals surface area contributed by atoms with Crippen molar-refractivity contribution in [3.8, 4) is 0 Å². The van der Waals surface area contributed by atoms with Crippen molar-refractivity contribution < 1.29 is 14.3 Å². The Balaban J connectivity index is 2.88. The fourth-order valence-corrected chi connectivity index (χ4v) is 2.32. The van der Waals surface area contributed by atoms with Gasteiger partial charge in [0.15, 0.2) is 0 Å². The first kappa shape index (κ1) is 9.15. The van der Waals surface area contributed by atoms with Crippen molar-refractivity contribution in [2.75, 3.05) is 0 Å². The SMILES string of the molecule is Cc1c(C(=O)O)cc(F)c2sccc12. The Labute approximate surface area is 83.6 Å². The Kier molecular flexibility index (Phi) is 2.00. The summed E-state index contributed by atoms with van der Waals surface area (Å²) in [5.41, 5.74) is 0.656. The van der Waals surface area contributed by atoms with E-state index < -0.39 is 11.8 Å². The molecular formula is C10H7FO2S. The van der Waals surface area contributed by atoms with E-state index in [-0.39, 0.29) is 5.56 Å². The lowest BCUT2D eigenvalue weighted by atomic mass is 10.1. The van der Waals surface area contributed by atoms with Crippen LogP contribution in [0.2, 0.25) is 0 Å². The van der Waals surface area contributed by atoms with E-state index in [9.17, 15) is 9.18 Å². The van der Waals surface area contributed by atoms with E-state index in [1.54, 1.807) is 18.4 Å². The monoisotopic (exact) mass is 210 g/mol. The molecule has 14 heavy (non-hydrogen) atoms. The first-order chi connectivity index (χ1) is 6.61. The minimum absolute atomic E-state index is 0.0356. The molecule has 72 valence electrons. The summed E-state index contributed by atoms with van der Waals surface area (Å²) < 4.78 is 13.9. The van der Waals surface area contributed by atoms with Crippen molar-refractivity contribution in [3.05, 3.63) is 34.5 Å². The topological polar surface area (TPSA) is 37.3 Å². The Morgan fingerprint density at radius 3 is 2.93 bits per heavy atom. The predicted molar refractivity (Wildman–Crippen MR) is 53.5 cm³/mol. The quantitative estimate of drug-likeness (QED) is 0.785. The zero-order valence-corrected chi connectivity index (χ0v) is 8.19. The fraction of sp³-hybridized carbons (Fsp3) is 0.100. The van der Waals surface area contributed by atoms with Crippen LogP contribution in [0.25, 0.3) is 10.1 Å². The van der Waals surface area contributed by atoms with Crippen LogP contribution in [-0.2, 0) is 0 Å². The highest BCUT2D eigenvalue weighted by atomic mass is 32.1. The highest BCUT2D eigenvalue weighted by Crippen LogP contribution is 2.29. The molecule has 2 aromatic rings. The molecule has 0 radical (unpaired) electrons. The minimum Gasteiger partial charge on any atom is -0.478 e. The van der Waals surface area contributed by atoms with Crippen molar-refractivity contribution in [2.45, 2.75) is 6.92 Å². The standard InChI is InChI=1S/C10H7FO2S/c1-5-6-2-3-14-9(6)8(11)4-7(5)10(12)13/h2-4H,1H3,(H,12,13). The van der Waals surface area contributed by atoms with Gasteiger partial charge in [0, 0.05) is 0 Å². The number of hydrogen-bond donors (Lipinski definition) is 1. The van der Waals surface area contributed by atoms with Crippen molar-refractivity contribution >= 4 is 27.4 Å². The minimum atomic E-state index is -1.09. The zero-order valence-electron chi connectivity index (χ0n) is 7.37. The number of rotatable bonds is 1. The smallest absolute Gasteiger partial charge is 0.336 e. The molecule has 0 aliphatic rings. The predicted octanol–water partition coefficient (Wildman–Crippen LogP) is 3.05. The molecule has 1 heterocycles. The third-order valence-electron chi connectivity index (χ3n) is 2.19. The maximum Gasteiger partial charge on any atom is 0.336 e. The van der Waals surface area contributed by atoms with E-state index in [1.807, 2.05) is 0 Å². The summed E-state index contributed by atoms with van der Waals surface area (Å²) in [6.45, 7) is 1.69. The van der Waals surface area contributed by atoms with Crippen molar-refractivity contribution in [3.63, 3.8) is 0 Å². The van der Waals surface area contributed by atoms with E-state index in [0.29, 0.717) is 15.6 Å². The van der Waals surface area contributed by atoms with Gasteiger partial charge in [-0.15, -0.1) is 11.3 Å². The molecule has 2 nitrogen and oxygen atoms in total. The van der Waals surface area contributed by atoms with E-state index in [4.69, 9.17) is 5.11 Å². The van der Waals surface area contributed by atoms with E-state index in [1.165, 1.54) is 11.3 Å². The fourth-order valence-electron chi connectivity index (χ4n) is 1.46. The number of fused-ring (bicyclic) bond motifs is 1. The van der Waals surface area contributed by atoms with Gasteiger partial charge in [-0.25, -0.2) is 9.18 Å². The van der Waals surface area contributed by atoms with Crippen LogP contribution < -0.4 is 0 Å². The summed E-state index contributed by atoms with van der Waals surface area (Å²) in [5, 5.41) is 11.3. The molecule has 1 aromatic carbocycles. The van der Waals surface area contributed by atoms with Gasteiger partial charge in [0.2, 0.25) is 0 Å². The molecule has 0 saturated carbocycles. The summed E-state index contributed by atoms with van der Waals surface area (Å²) in [7, 11) is 0. The number of benzene rings is 1. The molecule has 0 aliphatic heterocycles. The van der Waals surface area contributed by atoms with E-state index in [2.05, 4.69) is 0 Å². The van der Waals surface area contributed by atoms with Crippen LogP contribution in [0.4, 0.5) is 4.39 Å². The van der Waals surface area contributed by atoms with Gasteiger partial charge in [0.05, 0.1) is 10.3 Å². The lowest BCUT2D eigenvalue weighted by Gasteiger charge is -2.02. The van der Waals surface area contributed by atoms with Crippen molar-refractivity contribution in [2.24, 2.45) is 0 Å². The molecule has 0 amide bonds. The Morgan fingerprint density at radius 1 is 1.57 bits per heavy atom. The van der Waals surface area contributed by atoms with E-state index in [0.717, 1.165) is 6.07 Å². The highest BCUT2D eigenvalue weighted by molar-refractivity contribution is 7.17.